The van der Waals surface area contributed by atoms with Crippen LogP contribution in [0.5, 0.6) is 5.88 Å². The van der Waals surface area contributed by atoms with Gasteiger partial charge in [-0.25, -0.2) is 9.97 Å². The van der Waals surface area contributed by atoms with Gasteiger partial charge in [0.2, 0.25) is 5.88 Å². The van der Waals surface area contributed by atoms with Crippen LogP contribution >= 0.6 is 0 Å². The lowest BCUT2D eigenvalue weighted by atomic mass is 9.93. The normalized spacial score (nSPS) is 11.2. The lowest BCUT2D eigenvalue weighted by Gasteiger charge is -2.31. The zero-order chi connectivity index (χ0) is 12.0. The molecule has 0 radical (unpaired) electrons. The van der Waals surface area contributed by atoms with Crippen LogP contribution in [0, 0.1) is 0 Å². The predicted octanol–water partition coefficient (Wildman–Crippen LogP) is 1.41. The molecule has 0 amide bonds. The van der Waals surface area contributed by atoms with Crippen LogP contribution < -0.4 is 15.8 Å². The van der Waals surface area contributed by atoms with Gasteiger partial charge in [0.1, 0.15) is 12.1 Å². The van der Waals surface area contributed by atoms with Crippen molar-refractivity contribution in [2.24, 2.45) is 5.73 Å². The fraction of sp³-hybridized carbons (Fsp3) is 0.636. The number of methoxy groups -OCH3 is 1. The summed E-state index contributed by atoms with van der Waals surface area (Å²) in [5, 5.41) is 3.36. The maximum absolute atomic E-state index is 5.81. The SMILES string of the molecule is CCC(CC)(CN)Nc1cc(OC)ncn1. The van der Waals surface area contributed by atoms with Crippen LogP contribution in [0.1, 0.15) is 26.7 Å². The molecule has 16 heavy (non-hydrogen) atoms. The molecule has 0 atom stereocenters. The first-order valence-electron chi connectivity index (χ1n) is 5.54. The van der Waals surface area contributed by atoms with Gasteiger partial charge in [0.25, 0.3) is 0 Å². The molecule has 0 saturated carbocycles. The summed E-state index contributed by atoms with van der Waals surface area (Å²) < 4.78 is 5.05. The van der Waals surface area contributed by atoms with Gasteiger partial charge in [-0.2, -0.15) is 0 Å². The quantitative estimate of drug-likeness (QED) is 0.764. The molecule has 5 heteroatoms. The van der Waals surface area contributed by atoms with Gasteiger partial charge in [-0.3, -0.25) is 0 Å². The second-order valence-electron chi connectivity index (χ2n) is 3.76. The van der Waals surface area contributed by atoms with E-state index in [2.05, 4.69) is 29.1 Å². The van der Waals surface area contributed by atoms with Crippen molar-refractivity contribution < 1.29 is 4.74 Å². The molecule has 0 bridgehead atoms. The van der Waals surface area contributed by atoms with Crippen molar-refractivity contribution in [2.75, 3.05) is 19.0 Å². The summed E-state index contributed by atoms with van der Waals surface area (Å²) in [5.41, 5.74) is 5.71. The number of hydrogen-bond acceptors (Lipinski definition) is 5. The maximum Gasteiger partial charge on any atom is 0.218 e. The highest BCUT2D eigenvalue weighted by Crippen LogP contribution is 2.21. The van der Waals surface area contributed by atoms with E-state index in [1.54, 1.807) is 13.2 Å². The minimum absolute atomic E-state index is 0.0979. The molecule has 1 aromatic heterocycles. The summed E-state index contributed by atoms with van der Waals surface area (Å²) >= 11 is 0. The highest BCUT2D eigenvalue weighted by Gasteiger charge is 2.24. The first kappa shape index (κ1) is 12.7. The van der Waals surface area contributed by atoms with E-state index in [4.69, 9.17) is 10.5 Å². The standard InChI is InChI=1S/C11H20N4O/c1-4-11(5-2,7-12)15-9-6-10(16-3)14-8-13-9/h6,8H,4-5,7,12H2,1-3H3,(H,13,14,15). The van der Waals surface area contributed by atoms with Crippen molar-refractivity contribution in [1.82, 2.24) is 9.97 Å². The fourth-order valence-corrected chi connectivity index (χ4v) is 1.56. The molecule has 3 N–H and O–H groups in total. The van der Waals surface area contributed by atoms with Gasteiger partial charge in [-0.05, 0) is 12.8 Å². The van der Waals surface area contributed by atoms with E-state index in [0.29, 0.717) is 12.4 Å². The number of ether oxygens (including phenoxy) is 1. The topological polar surface area (TPSA) is 73.1 Å². The van der Waals surface area contributed by atoms with Crippen LogP contribution in [0.25, 0.3) is 0 Å². The molecule has 1 aromatic rings. The van der Waals surface area contributed by atoms with Crippen LogP contribution in [0.2, 0.25) is 0 Å². The predicted molar refractivity (Wildman–Crippen MR) is 64.6 cm³/mol. The molecule has 0 unspecified atom stereocenters. The zero-order valence-electron chi connectivity index (χ0n) is 10.2. The van der Waals surface area contributed by atoms with Crippen molar-refractivity contribution in [3.05, 3.63) is 12.4 Å². The fourth-order valence-electron chi connectivity index (χ4n) is 1.56. The maximum atomic E-state index is 5.81. The molecule has 1 rings (SSSR count). The van der Waals surface area contributed by atoms with E-state index in [-0.39, 0.29) is 5.54 Å². The summed E-state index contributed by atoms with van der Waals surface area (Å²) in [7, 11) is 1.59. The molecule has 0 spiro atoms. The number of rotatable bonds is 6. The van der Waals surface area contributed by atoms with Crippen molar-refractivity contribution in [3.63, 3.8) is 0 Å². The Morgan fingerprint density at radius 1 is 1.38 bits per heavy atom. The van der Waals surface area contributed by atoms with Gasteiger partial charge >= 0.3 is 0 Å². The van der Waals surface area contributed by atoms with Crippen molar-refractivity contribution >= 4 is 5.82 Å². The minimum Gasteiger partial charge on any atom is -0.481 e. The molecular formula is C11H20N4O. The van der Waals surface area contributed by atoms with E-state index in [0.717, 1.165) is 18.7 Å². The third-order valence-corrected chi connectivity index (χ3v) is 2.99. The Balaban J connectivity index is 2.84. The highest BCUT2D eigenvalue weighted by molar-refractivity contribution is 5.40. The van der Waals surface area contributed by atoms with Crippen LogP contribution in [0.4, 0.5) is 5.82 Å². The van der Waals surface area contributed by atoms with E-state index in [1.165, 1.54) is 6.33 Å². The van der Waals surface area contributed by atoms with E-state index < -0.39 is 0 Å². The lowest BCUT2D eigenvalue weighted by Crippen LogP contribution is -2.44. The monoisotopic (exact) mass is 224 g/mol. The number of nitrogens with two attached hydrogens (primary N) is 1. The number of nitrogens with one attached hydrogen (secondary N) is 1. The average molecular weight is 224 g/mol. The van der Waals surface area contributed by atoms with E-state index in [1.807, 2.05) is 0 Å². The summed E-state index contributed by atoms with van der Waals surface area (Å²) in [5.74, 6) is 1.30. The zero-order valence-corrected chi connectivity index (χ0v) is 10.2. The number of hydrogen-bond donors (Lipinski definition) is 2. The molecule has 5 nitrogen and oxygen atoms in total. The van der Waals surface area contributed by atoms with Crippen molar-refractivity contribution in [2.45, 2.75) is 32.2 Å². The van der Waals surface area contributed by atoms with Crippen LogP contribution in [-0.2, 0) is 0 Å². The summed E-state index contributed by atoms with van der Waals surface area (Å²) in [6, 6.07) is 1.77. The Bertz CT molecular complexity index is 317. The molecular weight excluding hydrogens is 204 g/mol. The smallest absolute Gasteiger partial charge is 0.218 e. The molecule has 90 valence electrons. The van der Waals surface area contributed by atoms with Gasteiger partial charge < -0.3 is 15.8 Å². The first-order valence-corrected chi connectivity index (χ1v) is 5.54. The average Bonchev–Trinajstić information content (AvgIpc) is 2.36. The minimum atomic E-state index is -0.0979. The third-order valence-electron chi connectivity index (χ3n) is 2.99. The van der Waals surface area contributed by atoms with Crippen molar-refractivity contribution in [3.8, 4) is 5.88 Å². The number of nitrogens with zero attached hydrogens (tertiary/aromatic N) is 2. The van der Waals surface area contributed by atoms with Crippen molar-refractivity contribution in [1.29, 1.82) is 0 Å². The molecule has 1 heterocycles. The second kappa shape index (κ2) is 5.65. The van der Waals surface area contributed by atoms with E-state index in [9.17, 15) is 0 Å². The molecule has 0 aliphatic rings. The molecule has 0 fully saturated rings. The summed E-state index contributed by atoms with van der Waals surface area (Å²) in [4.78, 5) is 8.12. The molecule has 0 aromatic carbocycles. The molecule has 0 aliphatic heterocycles. The first-order chi connectivity index (χ1) is 7.69. The third kappa shape index (κ3) is 2.82. The lowest BCUT2D eigenvalue weighted by molar-refractivity contribution is 0.396. The Morgan fingerprint density at radius 2 is 2.06 bits per heavy atom. The van der Waals surface area contributed by atoms with Gasteiger partial charge in [0.05, 0.1) is 12.6 Å². The summed E-state index contributed by atoms with van der Waals surface area (Å²) in [6.45, 7) is 4.80. The van der Waals surface area contributed by atoms with Gasteiger partial charge in [-0.1, -0.05) is 13.8 Å². The van der Waals surface area contributed by atoms with Crippen LogP contribution in [-0.4, -0.2) is 29.2 Å². The largest absolute Gasteiger partial charge is 0.481 e. The molecule has 0 saturated heterocycles. The van der Waals surface area contributed by atoms with Crippen LogP contribution in [0.15, 0.2) is 12.4 Å². The Morgan fingerprint density at radius 3 is 2.56 bits per heavy atom. The number of aromatic nitrogens is 2. The Kier molecular flexibility index (Phi) is 4.49. The Hall–Kier alpha value is -1.36. The Labute approximate surface area is 96.4 Å². The van der Waals surface area contributed by atoms with Crippen LogP contribution in [0.3, 0.4) is 0 Å². The molecule has 0 aliphatic carbocycles. The van der Waals surface area contributed by atoms with E-state index >= 15 is 0 Å². The second-order valence-corrected chi connectivity index (χ2v) is 3.76. The summed E-state index contributed by atoms with van der Waals surface area (Å²) in [6.07, 6.45) is 3.38. The van der Waals surface area contributed by atoms with Gasteiger partial charge in [0.15, 0.2) is 0 Å². The highest BCUT2D eigenvalue weighted by atomic mass is 16.5. The number of anilines is 1. The van der Waals surface area contributed by atoms with Gasteiger partial charge in [-0.15, -0.1) is 0 Å². The van der Waals surface area contributed by atoms with Gasteiger partial charge in [0, 0.05) is 12.6 Å².